The van der Waals surface area contributed by atoms with Gasteiger partial charge in [0.15, 0.2) is 0 Å². The monoisotopic (exact) mass is 606 g/mol. The number of aliphatic hydroxyl groups is 2. The van der Waals surface area contributed by atoms with Crippen LogP contribution in [0.25, 0.3) is 0 Å². The van der Waals surface area contributed by atoms with E-state index in [9.17, 15) is 19.0 Å². The van der Waals surface area contributed by atoms with E-state index < -0.39 is 23.2 Å². The maximum Gasteiger partial charge on any atom is 0.124 e. The van der Waals surface area contributed by atoms with Crippen LogP contribution >= 0.6 is 45.2 Å². The quantitative estimate of drug-likeness (QED) is 0.377. The Kier molecular flexibility index (Phi) is 7.06. The van der Waals surface area contributed by atoms with E-state index in [0.29, 0.717) is 24.7 Å². The van der Waals surface area contributed by atoms with Crippen molar-refractivity contribution in [2.75, 3.05) is 6.61 Å². The Bertz CT molecular complexity index is 913. The standard InChI is InChI=1S/C22H18F2I2O2/c23-16-6-8-18(20(25)11-16)22(28,19-9-7-17(24)12-21(19)26)15(13-27)10-14-4-2-1-3-5-14/h1-9,11-12,15,27-28H,10,13H2. The van der Waals surface area contributed by atoms with Crippen LogP contribution in [0.1, 0.15) is 16.7 Å². The summed E-state index contributed by atoms with van der Waals surface area (Å²) in [6.07, 6.45) is 0.398. The first-order chi connectivity index (χ1) is 13.4. The molecule has 1 unspecified atom stereocenters. The van der Waals surface area contributed by atoms with Gasteiger partial charge in [-0.05, 0) is 81.4 Å². The van der Waals surface area contributed by atoms with E-state index >= 15 is 0 Å². The van der Waals surface area contributed by atoms with E-state index in [1.807, 2.05) is 75.5 Å². The summed E-state index contributed by atoms with van der Waals surface area (Å²) in [5, 5.41) is 22.2. The zero-order valence-corrected chi connectivity index (χ0v) is 19.1. The highest BCUT2D eigenvalue weighted by molar-refractivity contribution is 14.1. The second kappa shape index (κ2) is 9.15. The summed E-state index contributed by atoms with van der Waals surface area (Å²) in [5.74, 6) is -1.44. The fourth-order valence-electron chi connectivity index (χ4n) is 3.43. The molecule has 28 heavy (non-hydrogen) atoms. The summed E-state index contributed by atoms with van der Waals surface area (Å²) in [7, 11) is 0. The van der Waals surface area contributed by atoms with Crippen molar-refractivity contribution in [2.24, 2.45) is 5.92 Å². The third-order valence-corrected chi connectivity index (χ3v) is 6.60. The van der Waals surface area contributed by atoms with E-state index in [1.165, 1.54) is 36.4 Å². The number of rotatable bonds is 6. The third kappa shape index (κ3) is 4.39. The molecule has 2 nitrogen and oxygen atoms in total. The molecule has 3 aromatic rings. The van der Waals surface area contributed by atoms with Crippen molar-refractivity contribution in [3.63, 3.8) is 0 Å². The summed E-state index contributed by atoms with van der Waals surface area (Å²) in [4.78, 5) is 0. The lowest BCUT2D eigenvalue weighted by Gasteiger charge is -2.38. The van der Waals surface area contributed by atoms with Gasteiger partial charge < -0.3 is 10.2 Å². The Labute approximate surface area is 189 Å². The molecule has 3 aromatic carbocycles. The second-order valence-corrected chi connectivity index (χ2v) is 8.91. The second-order valence-electron chi connectivity index (χ2n) is 6.58. The first-order valence-electron chi connectivity index (χ1n) is 8.64. The van der Waals surface area contributed by atoms with Gasteiger partial charge >= 0.3 is 0 Å². The lowest BCUT2D eigenvalue weighted by atomic mass is 9.74. The van der Waals surface area contributed by atoms with Crippen molar-refractivity contribution in [3.8, 4) is 0 Å². The van der Waals surface area contributed by atoms with Crippen LogP contribution in [0.15, 0.2) is 66.7 Å². The number of hydrogen-bond donors (Lipinski definition) is 2. The molecule has 0 aliphatic carbocycles. The number of halogens is 4. The highest BCUT2D eigenvalue weighted by Gasteiger charge is 2.42. The molecule has 1 atom stereocenters. The van der Waals surface area contributed by atoms with Crippen LogP contribution in [-0.2, 0) is 12.0 Å². The van der Waals surface area contributed by atoms with Crippen LogP contribution in [-0.4, -0.2) is 16.8 Å². The zero-order chi connectivity index (χ0) is 20.3. The summed E-state index contributed by atoms with van der Waals surface area (Å²) >= 11 is 3.96. The molecular formula is C22H18F2I2O2. The van der Waals surface area contributed by atoms with Gasteiger partial charge in [0.1, 0.15) is 17.2 Å². The fourth-order valence-corrected chi connectivity index (χ4v) is 5.20. The van der Waals surface area contributed by atoms with Gasteiger partial charge in [0.05, 0.1) is 0 Å². The van der Waals surface area contributed by atoms with Crippen molar-refractivity contribution in [3.05, 3.63) is 102 Å². The topological polar surface area (TPSA) is 40.5 Å². The van der Waals surface area contributed by atoms with Gasteiger partial charge in [0.2, 0.25) is 0 Å². The highest BCUT2D eigenvalue weighted by Crippen LogP contribution is 2.42. The minimum atomic E-state index is -1.63. The Balaban J connectivity index is 2.20. The normalized spacial score (nSPS) is 12.8. The average molecular weight is 606 g/mol. The molecule has 0 aromatic heterocycles. The summed E-state index contributed by atoms with van der Waals surface area (Å²) < 4.78 is 28.5. The van der Waals surface area contributed by atoms with Crippen LogP contribution < -0.4 is 0 Å². The first-order valence-corrected chi connectivity index (χ1v) is 10.8. The minimum Gasteiger partial charge on any atom is -0.396 e. The molecule has 0 amide bonds. The molecule has 3 rings (SSSR count). The zero-order valence-electron chi connectivity index (χ0n) is 14.7. The maximum atomic E-state index is 13.7. The van der Waals surface area contributed by atoms with Crippen molar-refractivity contribution < 1.29 is 19.0 Å². The molecule has 0 bridgehead atoms. The molecule has 2 N–H and O–H groups in total. The van der Waals surface area contributed by atoms with Gasteiger partial charge in [0, 0.05) is 30.8 Å². The highest BCUT2D eigenvalue weighted by atomic mass is 127. The molecule has 0 fully saturated rings. The van der Waals surface area contributed by atoms with Crippen LogP contribution in [0, 0.1) is 24.7 Å². The number of hydrogen-bond acceptors (Lipinski definition) is 2. The number of benzene rings is 3. The molecule has 0 saturated heterocycles. The minimum absolute atomic E-state index is 0.299. The largest absolute Gasteiger partial charge is 0.396 e. The molecule has 0 saturated carbocycles. The third-order valence-electron chi connectivity index (χ3n) is 4.82. The van der Waals surface area contributed by atoms with E-state index in [2.05, 4.69) is 0 Å². The average Bonchev–Trinajstić information content (AvgIpc) is 2.66. The Hall–Kier alpha value is -1.10. The lowest BCUT2D eigenvalue weighted by molar-refractivity contribution is -0.0112. The Morgan fingerprint density at radius 2 is 1.32 bits per heavy atom. The van der Waals surface area contributed by atoms with E-state index in [4.69, 9.17) is 0 Å². The molecule has 0 aliphatic heterocycles. The van der Waals surface area contributed by atoms with Crippen molar-refractivity contribution in [2.45, 2.75) is 12.0 Å². The van der Waals surface area contributed by atoms with Gasteiger partial charge in [-0.25, -0.2) is 8.78 Å². The van der Waals surface area contributed by atoms with E-state index in [-0.39, 0.29) is 6.61 Å². The summed E-state index contributed by atoms with van der Waals surface area (Å²) in [6, 6.07) is 17.9. The predicted molar refractivity (Wildman–Crippen MR) is 122 cm³/mol. The first kappa shape index (κ1) is 21.6. The molecule has 0 aliphatic rings. The molecule has 146 valence electrons. The molecule has 6 heteroatoms. The maximum absolute atomic E-state index is 13.7. The number of aliphatic hydroxyl groups excluding tert-OH is 1. The molecule has 0 spiro atoms. The smallest absolute Gasteiger partial charge is 0.124 e. The summed E-state index contributed by atoms with van der Waals surface area (Å²) in [5.41, 5.74) is 0.288. The Morgan fingerprint density at radius 3 is 1.75 bits per heavy atom. The van der Waals surface area contributed by atoms with E-state index in [1.54, 1.807) is 0 Å². The van der Waals surface area contributed by atoms with Crippen LogP contribution in [0.3, 0.4) is 0 Å². The van der Waals surface area contributed by atoms with Gasteiger partial charge in [-0.15, -0.1) is 0 Å². The van der Waals surface area contributed by atoms with Gasteiger partial charge in [-0.2, -0.15) is 0 Å². The van der Waals surface area contributed by atoms with Crippen molar-refractivity contribution in [1.82, 2.24) is 0 Å². The molecule has 0 heterocycles. The van der Waals surface area contributed by atoms with Gasteiger partial charge in [-0.1, -0.05) is 42.5 Å². The van der Waals surface area contributed by atoms with Crippen molar-refractivity contribution in [1.29, 1.82) is 0 Å². The van der Waals surface area contributed by atoms with E-state index in [0.717, 1.165) is 5.56 Å². The summed E-state index contributed by atoms with van der Waals surface area (Å²) in [6.45, 7) is -0.299. The van der Waals surface area contributed by atoms with Crippen LogP contribution in [0.4, 0.5) is 8.78 Å². The van der Waals surface area contributed by atoms with Crippen molar-refractivity contribution >= 4 is 45.2 Å². The van der Waals surface area contributed by atoms with Gasteiger partial charge in [0.25, 0.3) is 0 Å². The Morgan fingerprint density at radius 1 is 0.821 bits per heavy atom. The fraction of sp³-hybridized carbons (Fsp3) is 0.182. The SMILES string of the molecule is OCC(Cc1ccccc1)C(O)(c1ccc(F)cc1I)c1ccc(F)cc1I. The lowest BCUT2D eigenvalue weighted by Crippen LogP contribution is -2.41. The molecular weight excluding hydrogens is 588 g/mol. The molecule has 0 radical (unpaired) electrons. The van der Waals surface area contributed by atoms with Crippen LogP contribution in [0.5, 0.6) is 0 Å². The van der Waals surface area contributed by atoms with Gasteiger partial charge in [-0.3, -0.25) is 0 Å². The van der Waals surface area contributed by atoms with Crippen LogP contribution in [0.2, 0.25) is 0 Å². The predicted octanol–water partition coefficient (Wildman–Crippen LogP) is 5.26.